The Kier molecular flexibility index (Phi) is 6.02. The smallest absolute Gasteiger partial charge is 0.301 e. The topological polar surface area (TPSA) is 102 Å². The Labute approximate surface area is 206 Å². The molecule has 0 saturated carbocycles. The standard InChI is InChI=1S/C26H25N3O5S/c1-4-10-33-19-7-5-6-16(13-19)22-21(24(31)25(32)29(22)26-28-27-15(3)35-26)23(30)17-8-9-20-18(12-17)11-14(2)34-20/h5-9,12-14,22,30H,4,10-11H2,1-3H3/t14-,22-/m0/s1. The maximum absolute atomic E-state index is 13.3. The van der Waals surface area contributed by atoms with E-state index in [2.05, 4.69) is 10.2 Å². The van der Waals surface area contributed by atoms with Gasteiger partial charge in [0.15, 0.2) is 0 Å². The zero-order valence-corrected chi connectivity index (χ0v) is 20.5. The average molecular weight is 492 g/mol. The van der Waals surface area contributed by atoms with Crippen LogP contribution in [-0.4, -0.2) is 39.7 Å². The highest BCUT2D eigenvalue weighted by Crippen LogP contribution is 2.44. The number of benzene rings is 2. The Hall–Kier alpha value is -3.72. The van der Waals surface area contributed by atoms with E-state index in [1.165, 1.54) is 16.2 Å². The van der Waals surface area contributed by atoms with Crippen molar-refractivity contribution < 1.29 is 24.2 Å². The van der Waals surface area contributed by atoms with Crippen molar-refractivity contribution in [1.82, 2.24) is 10.2 Å². The number of anilines is 1. The van der Waals surface area contributed by atoms with Gasteiger partial charge in [-0.1, -0.05) is 30.4 Å². The fourth-order valence-corrected chi connectivity index (χ4v) is 5.16. The highest BCUT2D eigenvalue weighted by Gasteiger charge is 2.48. The molecule has 0 aliphatic carbocycles. The van der Waals surface area contributed by atoms with E-state index >= 15 is 0 Å². The molecule has 1 amide bonds. The van der Waals surface area contributed by atoms with Gasteiger partial charge in [0.25, 0.3) is 5.78 Å². The summed E-state index contributed by atoms with van der Waals surface area (Å²) in [5.41, 5.74) is 2.03. The number of aliphatic hydroxyl groups is 1. The van der Waals surface area contributed by atoms with Crippen LogP contribution in [0.15, 0.2) is 48.0 Å². The molecule has 180 valence electrons. The summed E-state index contributed by atoms with van der Waals surface area (Å²) in [6.07, 6.45) is 1.59. The Morgan fingerprint density at radius 3 is 2.80 bits per heavy atom. The summed E-state index contributed by atoms with van der Waals surface area (Å²) >= 11 is 1.21. The lowest BCUT2D eigenvalue weighted by atomic mass is 9.94. The van der Waals surface area contributed by atoms with Crippen molar-refractivity contribution in [3.05, 3.63) is 69.7 Å². The lowest BCUT2D eigenvalue weighted by Gasteiger charge is -2.23. The molecular weight excluding hydrogens is 466 g/mol. The van der Waals surface area contributed by atoms with E-state index in [-0.39, 0.29) is 17.4 Å². The molecule has 2 atom stereocenters. The summed E-state index contributed by atoms with van der Waals surface area (Å²) in [6.45, 7) is 6.30. The predicted molar refractivity (Wildman–Crippen MR) is 132 cm³/mol. The number of ketones is 1. The summed E-state index contributed by atoms with van der Waals surface area (Å²) in [5.74, 6) is -0.390. The molecule has 0 bridgehead atoms. The second-order valence-corrected chi connectivity index (χ2v) is 9.81. The van der Waals surface area contributed by atoms with E-state index in [4.69, 9.17) is 9.47 Å². The number of hydrogen-bond acceptors (Lipinski definition) is 8. The molecule has 2 aliphatic rings. The van der Waals surface area contributed by atoms with Crippen LogP contribution in [0.2, 0.25) is 0 Å². The van der Waals surface area contributed by atoms with Gasteiger partial charge in [-0.25, -0.2) is 0 Å². The van der Waals surface area contributed by atoms with Crippen molar-refractivity contribution in [3.8, 4) is 11.5 Å². The number of carbonyl (C=O) groups excluding carboxylic acids is 2. The molecule has 3 aromatic rings. The van der Waals surface area contributed by atoms with Gasteiger partial charge in [-0.2, -0.15) is 0 Å². The molecule has 0 radical (unpaired) electrons. The Bertz CT molecular complexity index is 1350. The molecule has 8 nitrogen and oxygen atoms in total. The molecule has 5 rings (SSSR count). The average Bonchev–Trinajstić information content (AvgIpc) is 3.51. The normalized spacial score (nSPS) is 20.7. The van der Waals surface area contributed by atoms with E-state index in [0.717, 1.165) is 17.7 Å². The van der Waals surface area contributed by atoms with Crippen LogP contribution in [0, 0.1) is 6.92 Å². The van der Waals surface area contributed by atoms with Crippen LogP contribution in [0.3, 0.4) is 0 Å². The number of ether oxygens (including phenoxy) is 2. The minimum absolute atomic E-state index is 0.00223. The number of aliphatic hydroxyl groups excluding tert-OH is 1. The summed E-state index contributed by atoms with van der Waals surface area (Å²) in [5, 5.41) is 20.5. The monoisotopic (exact) mass is 491 g/mol. The van der Waals surface area contributed by atoms with Crippen molar-refractivity contribution in [1.29, 1.82) is 0 Å². The number of fused-ring (bicyclic) bond motifs is 1. The molecule has 2 aromatic carbocycles. The molecule has 1 N–H and O–H groups in total. The van der Waals surface area contributed by atoms with E-state index < -0.39 is 17.7 Å². The zero-order chi connectivity index (χ0) is 24.7. The molecule has 3 heterocycles. The van der Waals surface area contributed by atoms with E-state index in [9.17, 15) is 14.7 Å². The number of Topliss-reactive ketones (excluding diaryl/α,β-unsaturated/α-hetero) is 1. The predicted octanol–water partition coefficient (Wildman–Crippen LogP) is 4.59. The first-order chi connectivity index (χ1) is 16.9. The number of carbonyl (C=O) groups is 2. The van der Waals surface area contributed by atoms with Crippen LogP contribution in [0.5, 0.6) is 11.5 Å². The van der Waals surface area contributed by atoms with E-state index in [1.54, 1.807) is 31.2 Å². The van der Waals surface area contributed by atoms with Gasteiger partial charge in [0.05, 0.1) is 18.2 Å². The van der Waals surface area contributed by atoms with Gasteiger partial charge in [-0.15, -0.1) is 10.2 Å². The highest BCUT2D eigenvalue weighted by atomic mass is 32.1. The third-order valence-electron chi connectivity index (χ3n) is 5.98. The fourth-order valence-electron chi connectivity index (χ4n) is 4.45. The molecule has 9 heteroatoms. The summed E-state index contributed by atoms with van der Waals surface area (Å²) in [4.78, 5) is 27.9. The lowest BCUT2D eigenvalue weighted by molar-refractivity contribution is -0.132. The lowest BCUT2D eigenvalue weighted by Crippen LogP contribution is -2.29. The third kappa shape index (κ3) is 4.16. The van der Waals surface area contributed by atoms with Crippen molar-refractivity contribution in [2.24, 2.45) is 0 Å². The van der Waals surface area contributed by atoms with Gasteiger partial charge >= 0.3 is 5.91 Å². The highest BCUT2D eigenvalue weighted by molar-refractivity contribution is 7.15. The maximum Gasteiger partial charge on any atom is 0.301 e. The van der Waals surface area contributed by atoms with Gasteiger partial charge in [-0.3, -0.25) is 14.5 Å². The first-order valence-corrected chi connectivity index (χ1v) is 12.3. The zero-order valence-electron chi connectivity index (χ0n) is 19.6. The molecule has 0 unspecified atom stereocenters. The molecule has 2 aliphatic heterocycles. The van der Waals surface area contributed by atoms with Gasteiger partial charge < -0.3 is 14.6 Å². The molecule has 1 fully saturated rings. The molecule has 1 saturated heterocycles. The van der Waals surface area contributed by atoms with Crippen molar-refractivity contribution in [3.63, 3.8) is 0 Å². The first-order valence-electron chi connectivity index (χ1n) is 11.5. The minimum Gasteiger partial charge on any atom is -0.507 e. The van der Waals surface area contributed by atoms with Crippen molar-refractivity contribution in [2.45, 2.75) is 45.8 Å². The van der Waals surface area contributed by atoms with Crippen LogP contribution in [0.25, 0.3) is 5.76 Å². The quantitative estimate of drug-likeness (QED) is 0.306. The molecule has 35 heavy (non-hydrogen) atoms. The van der Waals surface area contributed by atoms with Gasteiger partial charge in [0.2, 0.25) is 5.13 Å². The Morgan fingerprint density at radius 1 is 1.23 bits per heavy atom. The van der Waals surface area contributed by atoms with Crippen LogP contribution in [-0.2, 0) is 16.0 Å². The first kappa shape index (κ1) is 23.0. The van der Waals surface area contributed by atoms with Gasteiger partial charge in [0, 0.05) is 12.0 Å². The van der Waals surface area contributed by atoms with Gasteiger partial charge in [0.1, 0.15) is 28.4 Å². The number of hydrogen-bond donors (Lipinski definition) is 1. The summed E-state index contributed by atoms with van der Waals surface area (Å²) in [7, 11) is 0. The maximum atomic E-state index is 13.3. The third-order valence-corrected chi connectivity index (χ3v) is 6.82. The van der Waals surface area contributed by atoms with Crippen LogP contribution < -0.4 is 14.4 Å². The van der Waals surface area contributed by atoms with Gasteiger partial charge in [-0.05, 0) is 61.7 Å². The van der Waals surface area contributed by atoms with Crippen molar-refractivity contribution >= 4 is 33.9 Å². The Balaban J connectivity index is 1.66. The SMILES string of the molecule is CCCOc1cccc([C@H]2C(=C(O)c3ccc4c(c3)C[C@H](C)O4)C(=O)C(=O)N2c2nnc(C)s2)c1. The summed E-state index contributed by atoms with van der Waals surface area (Å²) in [6, 6.07) is 11.6. The molecule has 1 aromatic heterocycles. The number of aryl methyl sites for hydroxylation is 1. The minimum atomic E-state index is -0.879. The number of amides is 1. The second kappa shape index (κ2) is 9.14. The second-order valence-electron chi connectivity index (χ2n) is 8.65. The van der Waals surface area contributed by atoms with Crippen LogP contribution in [0.1, 0.15) is 48.0 Å². The van der Waals surface area contributed by atoms with Crippen LogP contribution in [0.4, 0.5) is 5.13 Å². The fraction of sp³-hybridized carbons (Fsp3) is 0.308. The Morgan fingerprint density at radius 2 is 2.06 bits per heavy atom. The number of nitrogens with zero attached hydrogens (tertiary/aromatic N) is 3. The number of rotatable bonds is 6. The van der Waals surface area contributed by atoms with Crippen molar-refractivity contribution in [2.75, 3.05) is 11.5 Å². The molecular formula is C26H25N3O5S. The largest absolute Gasteiger partial charge is 0.507 e. The molecule has 0 spiro atoms. The van der Waals surface area contributed by atoms with E-state index in [0.29, 0.717) is 40.0 Å². The summed E-state index contributed by atoms with van der Waals surface area (Å²) < 4.78 is 11.6. The van der Waals surface area contributed by atoms with E-state index in [1.807, 2.05) is 32.0 Å². The van der Waals surface area contributed by atoms with Crippen LogP contribution >= 0.6 is 11.3 Å². The number of aromatic nitrogens is 2.